The molecule has 1 aliphatic heterocycles. The second kappa shape index (κ2) is 5.53. The van der Waals surface area contributed by atoms with Crippen LogP contribution in [0.25, 0.3) is 0 Å². The minimum absolute atomic E-state index is 0.391. The number of hydrogen-bond acceptors (Lipinski definition) is 5. The fourth-order valence-electron chi connectivity index (χ4n) is 2.14. The van der Waals surface area contributed by atoms with E-state index in [1.165, 1.54) is 0 Å². The van der Waals surface area contributed by atoms with E-state index < -0.39 is 5.60 Å². The number of ether oxygens (including phenoxy) is 2. The first-order chi connectivity index (χ1) is 8.30. The first-order valence-corrected chi connectivity index (χ1v) is 6.05. The van der Waals surface area contributed by atoms with Crippen LogP contribution in [-0.2, 0) is 21.6 Å². The Labute approximate surface area is 101 Å². The standard InChI is InChI=1S/C12H19N3O2/c1-2-17-12(4-7-16-8-5-12)11-14-6-3-10(9-13)15-11/h3,6H,2,4-5,7-9,13H2,1H3. The maximum atomic E-state index is 5.91. The molecule has 2 heterocycles. The highest BCUT2D eigenvalue weighted by molar-refractivity contribution is 5.09. The summed E-state index contributed by atoms with van der Waals surface area (Å²) in [5, 5.41) is 0. The molecule has 1 aromatic rings. The Morgan fingerprint density at radius 1 is 1.47 bits per heavy atom. The van der Waals surface area contributed by atoms with Crippen molar-refractivity contribution in [1.82, 2.24) is 9.97 Å². The molecular formula is C12H19N3O2. The molecule has 0 spiro atoms. The van der Waals surface area contributed by atoms with Gasteiger partial charge in [0, 0.05) is 45.4 Å². The van der Waals surface area contributed by atoms with Crippen LogP contribution in [0.15, 0.2) is 12.3 Å². The summed E-state index contributed by atoms with van der Waals surface area (Å²) in [6.07, 6.45) is 3.35. The zero-order chi connectivity index (χ0) is 12.1. The van der Waals surface area contributed by atoms with Gasteiger partial charge in [-0.05, 0) is 13.0 Å². The van der Waals surface area contributed by atoms with Crippen LogP contribution in [0.4, 0.5) is 0 Å². The molecule has 2 rings (SSSR count). The highest BCUT2D eigenvalue weighted by Gasteiger charge is 2.38. The molecule has 0 saturated carbocycles. The molecule has 2 N–H and O–H groups in total. The molecule has 0 unspecified atom stereocenters. The van der Waals surface area contributed by atoms with Crippen LogP contribution < -0.4 is 5.73 Å². The lowest BCUT2D eigenvalue weighted by Gasteiger charge is -2.35. The van der Waals surface area contributed by atoms with Crippen molar-refractivity contribution in [2.75, 3.05) is 19.8 Å². The second-order valence-corrected chi connectivity index (χ2v) is 4.12. The van der Waals surface area contributed by atoms with E-state index in [0.717, 1.165) is 24.4 Å². The van der Waals surface area contributed by atoms with Crippen LogP contribution in [0.2, 0.25) is 0 Å². The highest BCUT2D eigenvalue weighted by Crippen LogP contribution is 2.33. The van der Waals surface area contributed by atoms with Gasteiger partial charge in [0.1, 0.15) is 5.60 Å². The van der Waals surface area contributed by atoms with Gasteiger partial charge < -0.3 is 15.2 Å². The van der Waals surface area contributed by atoms with Crippen molar-refractivity contribution >= 4 is 0 Å². The van der Waals surface area contributed by atoms with Crippen molar-refractivity contribution < 1.29 is 9.47 Å². The van der Waals surface area contributed by atoms with Gasteiger partial charge in [0.25, 0.3) is 0 Å². The van der Waals surface area contributed by atoms with Crippen molar-refractivity contribution in [3.63, 3.8) is 0 Å². The van der Waals surface area contributed by atoms with Gasteiger partial charge in [0.15, 0.2) is 5.82 Å². The molecule has 0 aromatic carbocycles. The molecule has 94 valence electrons. The van der Waals surface area contributed by atoms with Gasteiger partial charge in [-0.15, -0.1) is 0 Å². The fourth-order valence-corrected chi connectivity index (χ4v) is 2.14. The Bertz CT molecular complexity index is 359. The predicted octanol–water partition coefficient (Wildman–Crippen LogP) is 0.977. The van der Waals surface area contributed by atoms with Gasteiger partial charge in [-0.2, -0.15) is 0 Å². The molecule has 1 saturated heterocycles. The normalized spacial score (nSPS) is 19.2. The summed E-state index contributed by atoms with van der Waals surface area (Å²) in [6.45, 7) is 4.45. The molecule has 17 heavy (non-hydrogen) atoms. The van der Waals surface area contributed by atoms with E-state index in [1.807, 2.05) is 13.0 Å². The second-order valence-electron chi connectivity index (χ2n) is 4.12. The van der Waals surface area contributed by atoms with E-state index in [-0.39, 0.29) is 0 Å². The molecule has 0 atom stereocenters. The van der Waals surface area contributed by atoms with Crippen molar-refractivity contribution in [1.29, 1.82) is 0 Å². The molecule has 1 aliphatic rings. The summed E-state index contributed by atoms with van der Waals surface area (Å²) in [6, 6.07) is 1.84. The number of aromatic nitrogens is 2. The van der Waals surface area contributed by atoms with Crippen molar-refractivity contribution in [3.8, 4) is 0 Å². The highest BCUT2D eigenvalue weighted by atomic mass is 16.5. The van der Waals surface area contributed by atoms with Crippen LogP contribution in [0.1, 0.15) is 31.3 Å². The zero-order valence-electron chi connectivity index (χ0n) is 10.2. The van der Waals surface area contributed by atoms with Crippen LogP contribution in [0, 0.1) is 0 Å². The van der Waals surface area contributed by atoms with Gasteiger partial charge in [-0.25, -0.2) is 9.97 Å². The smallest absolute Gasteiger partial charge is 0.160 e. The molecule has 0 radical (unpaired) electrons. The third kappa shape index (κ3) is 2.62. The minimum atomic E-state index is -0.391. The van der Waals surface area contributed by atoms with E-state index in [4.69, 9.17) is 15.2 Å². The lowest BCUT2D eigenvalue weighted by molar-refractivity contribution is -0.118. The lowest BCUT2D eigenvalue weighted by Crippen LogP contribution is -2.38. The molecule has 1 fully saturated rings. The summed E-state index contributed by atoms with van der Waals surface area (Å²) >= 11 is 0. The number of nitrogens with zero attached hydrogens (tertiary/aromatic N) is 2. The number of hydrogen-bond donors (Lipinski definition) is 1. The molecule has 5 heteroatoms. The Morgan fingerprint density at radius 2 is 2.24 bits per heavy atom. The van der Waals surface area contributed by atoms with E-state index >= 15 is 0 Å². The average Bonchev–Trinajstić information content (AvgIpc) is 2.40. The first kappa shape index (κ1) is 12.4. The summed E-state index contributed by atoms with van der Waals surface area (Å²) < 4.78 is 11.3. The molecule has 0 aliphatic carbocycles. The van der Waals surface area contributed by atoms with Crippen molar-refractivity contribution in [2.45, 2.75) is 31.9 Å². The summed E-state index contributed by atoms with van der Waals surface area (Å²) in [5.74, 6) is 0.741. The quantitative estimate of drug-likeness (QED) is 0.845. The number of nitrogens with two attached hydrogens (primary N) is 1. The van der Waals surface area contributed by atoms with Crippen LogP contribution >= 0.6 is 0 Å². The maximum absolute atomic E-state index is 5.91. The Balaban J connectivity index is 2.30. The zero-order valence-corrected chi connectivity index (χ0v) is 10.2. The monoisotopic (exact) mass is 237 g/mol. The van der Waals surface area contributed by atoms with Gasteiger partial charge in [0.2, 0.25) is 0 Å². The average molecular weight is 237 g/mol. The van der Waals surface area contributed by atoms with Gasteiger partial charge >= 0.3 is 0 Å². The van der Waals surface area contributed by atoms with Crippen molar-refractivity contribution in [3.05, 3.63) is 23.8 Å². The summed E-state index contributed by atoms with van der Waals surface area (Å²) in [4.78, 5) is 8.84. The topological polar surface area (TPSA) is 70.3 Å². The first-order valence-electron chi connectivity index (χ1n) is 6.05. The van der Waals surface area contributed by atoms with Gasteiger partial charge in [0.05, 0.1) is 5.69 Å². The largest absolute Gasteiger partial charge is 0.381 e. The summed E-state index contributed by atoms with van der Waals surface area (Å²) in [5.41, 5.74) is 6.07. The van der Waals surface area contributed by atoms with Crippen LogP contribution in [0.3, 0.4) is 0 Å². The Hall–Kier alpha value is -1.04. The molecular weight excluding hydrogens is 218 g/mol. The fraction of sp³-hybridized carbons (Fsp3) is 0.667. The molecule has 5 nitrogen and oxygen atoms in total. The SMILES string of the molecule is CCOC1(c2nccc(CN)n2)CCOCC1. The van der Waals surface area contributed by atoms with E-state index in [9.17, 15) is 0 Å². The minimum Gasteiger partial charge on any atom is -0.381 e. The Morgan fingerprint density at radius 3 is 2.88 bits per heavy atom. The molecule has 0 amide bonds. The predicted molar refractivity (Wildman–Crippen MR) is 63.3 cm³/mol. The van der Waals surface area contributed by atoms with Crippen LogP contribution in [-0.4, -0.2) is 29.8 Å². The summed E-state index contributed by atoms with van der Waals surface area (Å²) in [7, 11) is 0. The van der Waals surface area contributed by atoms with Crippen LogP contribution in [0.5, 0.6) is 0 Å². The van der Waals surface area contributed by atoms with E-state index in [1.54, 1.807) is 6.20 Å². The molecule has 1 aromatic heterocycles. The Kier molecular flexibility index (Phi) is 4.04. The van der Waals surface area contributed by atoms with Gasteiger partial charge in [-0.3, -0.25) is 0 Å². The van der Waals surface area contributed by atoms with Crippen molar-refractivity contribution in [2.24, 2.45) is 5.73 Å². The third-order valence-corrected chi connectivity index (χ3v) is 3.05. The van der Waals surface area contributed by atoms with E-state index in [2.05, 4.69) is 9.97 Å². The molecule has 0 bridgehead atoms. The van der Waals surface area contributed by atoms with Gasteiger partial charge in [-0.1, -0.05) is 0 Å². The lowest BCUT2D eigenvalue weighted by atomic mass is 9.93. The maximum Gasteiger partial charge on any atom is 0.160 e. The van der Waals surface area contributed by atoms with E-state index in [0.29, 0.717) is 26.4 Å². The number of rotatable bonds is 4. The third-order valence-electron chi connectivity index (χ3n) is 3.05.